The summed E-state index contributed by atoms with van der Waals surface area (Å²) in [5.74, 6) is 1.90. The molecule has 0 aliphatic heterocycles. The van der Waals surface area contributed by atoms with Crippen LogP contribution < -0.4 is 16.2 Å². The summed E-state index contributed by atoms with van der Waals surface area (Å²) in [4.78, 5) is 21.1. The van der Waals surface area contributed by atoms with E-state index >= 15 is 0 Å². The zero-order valence-corrected chi connectivity index (χ0v) is 16.9. The summed E-state index contributed by atoms with van der Waals surface area (Å²) < 4.78 is 1.42. The van der Waals surface area contributed by atoms with Crippen LogP contribution in [0.15, 0.2) is 47.7 Å². The summed E-state index contributed by atoms with van der Waals surface area (Å²) in [6.07, 6.45) is 10.4. The highest BCUT2D eigenvalue weighted by molar-refractivity contribution is 5.43. The SMILES string of the molecule is N#Cc1cccn(-c2ccc(N[C@H]3CC[C@H](Nc4ncc(C5CC5)nn4)C3)nc2)c1=O. The molecule has 5 rings (SSSR count). The first kappa shape index (κ1) is 19.2. The Kier molecular flexibility index (Phi) is 5.04. The van der Waals surface area contributed by atoms with Crippen LogP contribution in [0, 0.1) is 11.3 Å². The Hall–Kier alpha value is -3.80. The molecule has 2 atom stereocenters. The number of aromatic nitrogens is 5. The zero-order chi connectivity index (χ0) is 21.2. The van der Waals surface area contributed by atoms with Crippen LogP contribution in [0.1, 0.15) is 49.3 Å². The maximum absolute atomic E-state index is 12.3. The van der Waals surface area contributed by atoms with Crippen molar-refractivity contribution in [3.8, 4) is 11.8 Å². The molecule has 31 heavy (non-hydrogen) atoms. The molecule has 0 radical (unpaired) electrons. The van der Waals surface area contributed by atoms with Gasteiger partial charge in [0.1, 0.15) is 17.5 Å². The molecule has 0 unspecified atom stereocenters. The van der Waals surface area contributed by atoms with Gasteiger partial charge in [-0.25, -0.2) is 9.97 Å². The topological polar surface area (TPSA) is 121 Å². The fourth-order valence-electron chi connectivity index (χ4n) is 3.95. The van der Waals surface area contributed by atoms with E-state index < -0.39 is 0 Å². The molecular formula is C22H22N8O. The third-order valence-electron chi connectivity index (χ3n) is 5.79. The van der Waals surface area contributed by atoms with Gasteiger partial charge >= 0.3 is 0 Å². The van der Waals surface area contributed by atoms with Crippen molar-refractivity contribution in [1.29, 1.82) is 5.26 Å². The normalized spacial score (nSPS) is 20.2. The number of nitrogens with zero attached hydrogens (tertiary/aromatic N) is 6. The maximum atomic E-state index is 12.3. The third kappa shape index (κ3) is 4.23. The van der Waals surface area contributed by atoms with Gasteiger partial charge in [0.15, 0.2) is 0 Å². The standard InChI is InChI=1S/C22H22N8O/c23-11-15-2-1-9-30(21(15)31)18-7-8-20(24-12-18)26-16-5-6-17(10-16)27-22-25-13-19(28-29-22)14-3-4-14/h1-2,7-9,12-14,16-17H,3-6,10H2,(H,24,26)(H,25,27,29)/t16-,17-/m0/s1. The van der Waals surface area contributed by atoms with E-state index in [0.717, 1.165) is 30.8 Å². The minimum atomic E-state index is -0.348. The number of rotatable bonds is 6. The molecule has 2 N–H and O–H groups in total. The summed E-state index contributed by atoms with van der Waals surface area (Å²) in [7, 11) is 0. The first-order valence-electron chi connectivity index (χ1n) is 10.5. The Morgan fingerprint density at radius 1 is 1.00 bits per heavy atom. The summed E-state index contributed by atoms with van der Waals surface area (Å²) >= 11 is 0. The Balaban J connectivity index is 1.18. The van der Waals surface area contributed by atoms with Crippen LogP contribution in [0.25, 0.3) is 5.69 Å². The smallest absolute Gasteiger partial charge is 0.273 e. The predicted molar refractivity (Wildman–Crippen MR) is 115 cm³/mol. The van der Waals surface area contributed by atoms with Gasteiger partial charge in [-0.05, 0) is 56.4 Å². The fraction of sp³-hybridized carbons (Fsp3) is 0.364. The number of hydrogen-bond donors (Lipinski definition) is 2. The van der Waals surface area contributed by atoms with E-state index in [1.807, 2.05) is 24.4 Å². The van der Waals surface area contributed by atoms with Crippen LogP contribution in [0.5, 0.6) is 0 Å². The Bertz CT molecular complexity index is 1160. The molecule has 0 bridgehead atoms. The predicted octanol–water partition coefficient (Wildman–Crippen LogP) is 2.61. The van der Waals surface area contributed by atoms with Crippen molar-refractivity contribution < 1.29 is 0 Å². The van der Waals surface area contributed by atoms with Crippen LogP contribution in [-0.4, -0.2) is 36.8 Å². The fourth-order valence-corrected chi connectivity index (χ4v) is 3.95. The average Bonchev–Trinajstić information content (AvgIpc) is 3.56. The second-order valence-corrected chi connectivity index (χ2v) is 8.09. The van der Waals surface area contributed by atoms with E-state index in [-0.39, 0.29) is 17.2 Å². The molecular weight excluding hydrogens is 392 g/mol. The van der Waals surface area contributed by atoms with Gasteiger partial charge in [0.05, 0.1) is 23.8 Å². The molecule has 2 aliphatic rings. The minimum Gasteiger partial charge on any atom is -0.367 e. The highest BCUT2D eigenvalue weighted by Crippen LogP contribution is 2.38. The first-order valence-corrected chi connectivity index (χ1v) is 10.5. The maximum Gasteiger partial charge on any atom is 0.273 e. The van der Waals surface area contributed by atoms with Crippen molar-refractivity contribution in [3.05, 3.63) is 64.5 Å². The molecule has 3 heterocycles. The molecule has 3 aromatic rings. The quantitative estimate of drug-likeness (QED) is 0.631. The highest BCUT2D eigenvalue weighted by Gasteiger charge is 2.27. The lowest BCUT2D eigenvalue weighted by Crippen LogP contribution is -2.22. The Morgan fingerprint density at radius 2 is 1.84 bits per heavy atom. The second kappa shape index (κ2) is 8.14. The third-order valence-corrected chi connectivity index (χ3v) is 5.79. The molecule has 3 aromatic heterocycles. The molecule has 2 fully saturated rings. The molecule has 0 spiro atoms. The zero-order valence-electron chi connectivity index (χ0n) is 16.9. The van der Waals surface area contributed by atoms with Gasteiger partial charge in [0, 0.05) is 24.2 Å². The molecule has 9 heteroatoms. The number of nitriles is 1. The van der Waals surface area contributed by atoms with Gasteiger partial charge in [-0.3, -0.25) is 9.36 Å². The van der Waals surface area contributed by atoms with Crippen molar-refractivity contribution in [2.45, 2.75) is 50.1 Å². The molecule has 0 aromatic carbocycles. The van der Waals surface area contributed by atoms with Crippen LogP contribution in [0.3, 0.4) is 0 Å². The Labute approximate surface area is 179 Å². The minimum absolute atomic E-state index is 0.107. The summed E-state index contributed by atoms with van der Waals surface area (Å²) in [6, 6.07) is 9.35. The summed E-state index contributed by atoms with van der Waals surface area (Å²) in [6.45, 7) is 0. The van der Waals surface area contributed by atoms with Gasteiger partial charge in [-0.1, -0.05) is 0 Å². The van der Waals surface area contributed by atoms with Crippen molar-refractivity contribution in [3.63, 3.8) is 0 Å². The monoisotopic (exact) mass is 414 g/mol. The molecule has 0 saturated heterocycles. The summed E-state index contributed by atoms with van der Waals surface area (Å²) in [5, 5.41) is 24.4. The van der Waals surface area contributed by atoms with Gasteiger partial charge in [0.25, 0.3) is 5.56 Å². The van der Waals surface area contributed by atoms with E-state index in [1.54, 1.807) is 18.5 Å². The lowest BCUT2D eigenvalue weighted by molar-refractivity contribution is 0.710. The van der Waals surface area contributed by atoms with Gasteiger partial charge < -0.3 is 10.6 Å². The molecule has 9 nitrogen and oxygen atoms in total. The highest BCUT2D eigenvalue weighted by atomic mass is 16.1. The first-order chi connectivity index (χ1) is 15.2. The molecule has 156 valence electrons. The second-order valence-electron chi connectivity index (χ2n) is 8.09. The molecule has 0 amide bonds. The number of nitrogens with one attached hydrogen (secondary N) is 2. The molecule has 2 saturated carbocycles. The lowest BCUT2D eigenvalue weighted by Gasteiger charge is -2.15. The van der Waals surface area contributed by atoms with Gasteiger partial charge in [-0.15, -0.1) is 10.2 Å². The summed E-state index contributed by atoms with van der Waals surface area (Å²) in [5.41, 5.74) is 1.38. The molecule has 2 aliphatic carbocycles. The van der Waals surface area contributed by atoms with Crippen molar-refractivity contribution in [2.75, 3.05) is 10.6 Å². The van der Waals surface area contributed by atoms with Crippen molar-refractivity contribution in [2.24, 2.45) is 0 Å². The average molecular weight is 414 g/mol. The van der Waals surface area contributed by atoms with E-state index in [1.165, 1.54) is 23.5 Å². The van der Waals surface area contributed by atoms with Crippen LogP contribution in [-0.2, 0) is 0 Å². The van der Waals surface area contributed by atoms with Crippen LogP contribution in [0.2, 0.25) is 0 Å². The van der Waals surface area contributed by atoms with Crippen molar-refractivity contribution >= 4 is 11.8 Å². The van der Waals surface area contributed by atoms with E-state index in [2.05, 4.69) is 30.8 Å². The Morgan fingerprint density at radius 3 is 2.52 bits per heavy atom. The van der Waals surface area contributed by atoms with E-state index in [4.69, 9.17) is 5.26 Å². The van der Waals surface area contributed by atoms with Gasteiger partial charge in [0.2, 0.25) is 5.95 Å². The van der Waals surface area contributed by atoms with Gasteiger partial charge in [-0.2, -0.15) is 5.26 Å². The largest absolute Gasteiger partial charge is 0.367 e. The van der Waals surface area contributed by atoms with E-state index in [0.29, 0.717) is 23.6 Å². The number of anilines is 2. The number of pyridine rings is 2. The van der Waals surface area contributed by atoms with E-state index in [9.17, 15) is 4.79 Å². The van der Waals surface area contributed by atoms with Crippen molar-refractivity contribution in [1.82, 2.24) is 24.7 Å². The number of hydrogen-bond acceptors (Lipinski definition) is 8. The lowest BCUT2D eigenvalue weighted by atomic mass is 10.2. The van der Waals surface area contributed by atoms with Crippen LogP contribution in [0.4, 0.5) is 11.8 Å². The van der Waals surface area contributed by atoms with Crippen LogP contribution >= 0.6 is 0 Å².